The lowest BCUT2D eigenvalue weighted by Crippen LogP contribution is -2.52. The molecule has 1 unspecified atom stereocenters. The second-order valence-corrected chi connectivity index (χ2v) is 9.68. The molecule has 3 amide bonds. The quantitative estimate of drug-likeness (QED) is 0.512. The molecule has 0 spiro atoms. The first-order valence-corrected chi connectivity index (χ1v) is 12.8. The van der Waals surface area contributed by atoms with Crippen LogP contribution in [0, 0.1) is 0 Å². The van der Waals surface area contributed by atoms with Crippen molar-refractivity contribution in [2.24, 2.45) is 5.73 Å². The summed E-state index contributed by atoms with van der Waals surface area (Å²) in [6.45, 7) is 1.19. The van der Waals surface area contributed by atoms with Crippen molar-refractivity contribution in [1.82, 2.24) is 15.5 Å². The van der Waals surface area contributed by atoms with Gasteiger partial charge < -0.3 is 21.3 Å². The first-order valence-electron chi connectivity index (χ1n) is 12.8. The van der Waals surface area contributed by atoms with E-state index in [0.717, 1.165) is 56.1 Å². The maximum Gasteiger partial charge on any atom is 0.315 e. The zero-order valence-electron chi connectivity index (χ0n) is 20.0. The zero-order valence-corrected chi connectivity index (χ0v) is 20.0. The van der Waals surface area contributed by atoms with E-state index in [2.05, 4.69) is 34.9 Å². The molecule has 34 heavy (non-hydrogen) atoms. The van der Waals surface area contributed by atoms with Crippen molar-refractivity contribution in [2.45, 2.75) is 75.4 Å². The highest BCUT2D eigenvalue weighted by atomic mass is 16.2. The molecule has 2 aromatic rings. The van der Waals surface area contributed by atoms with E-state index in [1.54, 1.807) is 0 Å². The zero-order chi connectivity index (χ0) is 23.8. The van der Waals surface area contributed by atoms with Crippen molar-refractivity contribution in [1.29, 1.82) is 0 Å². The van der Waals surface area contributed by atoms with Crippen molar-refractivity contribution in [2.75, 3.05) is 13.1 Å². The molecule has 0 radical (unpaired) electrons. The van der Waals surface area contributed by atoms with E-state index in [9.17, 15) is 9.59 Å². The average Bonchev–Trinajstić information content (AvgIpc) is 3.33. The van der Waals surface area contributed by atoms with Crippen molar-refractivity contribution in [3.63, 3.8) is 0 Å². The van der Waals surface area contributed by atoms with Gasteiger partial charge in [-0.1, -0.05) is 73.5 Å². The Balaban J connectivity index is 1.42. The summed E-state index contributed by atoms with van der Waals surface area (Å²) < 4.78 is 0. The molecule has 1 aliphatic carbocycles. The van der Waals surface area contributed by atoms with Gasteiger partial charge in [0.05, 0.1) is 11.6 Å². The van der Waals surface area contributed by atoms with Crippen molar-refractivity contribution < 1.29 is 9.59 Å². The minimum absolute atomic E-state index is 0.0818. The number of nitrogens with zero attached hydrogens (tertiary/aromatic N) is 1. The molecule has 2 aliphatic rings. The van der Waals surface area contributed by atoms with Crippen LogP contribution in [0.4, 0.5) is 4.79 Å². The average molecular weight is 463 g/mol. The van der Waals surface area contributed by atoms with E-state index in [1.165, 1.54) is 12.8 Å². The molecule has 1 saturated carbocycles. The second kappa shape index (κ2) is 11.5. The summed E-state index contributed by atoms with van der Waals surface area (Å²) in [5.74, 6) is 0.0850. The Morgan fingerprint density at radius 3 is 2.15 bits per heavy atom. The highest BCUT2D eigenvalue weighted by molar-refractivity contribution is 5.92. The Morgan fingerprint density at radius 2 is 1.53 bits per heavy atom. The number of amides is 3. The summed E-state index contributed by atoms with van der Waals surface area (Å²) in [5, 5.41) is 6.02. The fourth-order valence-corrected chi connectivity index (χ4v) is 5.57. The number of unbranched alkanes of at least 4 members (excludes halogenated alkanes) is 1. The fraction of sp³-hybridized carbons (Fsp3) is 0.500. The number of benzene rings is 2. The minimum atomic E-state index is -0.726. The summed E-state index contributed by atoms with van der Waals surface area (Å²) >= 11 is 0. The molecule has 0 bridgehead atoms. The number of likely N-dealkylation sites (tertiary alicyclic amines) is 1. The van der Waals surface area contributed by atoms with Gasteiger partial charge in [-0.05, 0) is 56.1 Å². The third-order valence-corrected chi connectivity index (χ3v) is 7.41. The number of hydrogen-bond acceptors (Lipinski definition) is 3. The highest BCUT2D eigenvalue weighted by Gasteiger charge is 2.46. The lowest BCUT2D eigenvalue weighted by molar-refractivity contribution is -0.137. The smallest absolute Gasteiger partial charge is 0.315 e. The summed E-state index contributed by atoms with van der Waals surface area (Å²) in [6, 6.07) is 20.5. The molecule has 0 aromatic heterocycles. The van der Waals surface area contributed by atoms with Crippen molar-refractivity contribution >= 4 is 11.9 Å². The Kier molecular flexibility index (Phi) is 8.22. The summed E-state index contributed by atoms with van der Waals surface area (Å²) in [5.41, 5.74) is 7.85. The standard InChI is InChI=1S/C28H38N4O2/c29-25-18-11-19-28(22-12-3-1-4-13-22,23-14-5-2-6-15-23)26(33)32(25)21-10-9-20-30-27(34)31-24-16-7-8-17-24/h1-6,12-15,24-25H,7-11,16-21,29H2,(H2,30,31,34). The van der Waals surface area contributed by atoms with Crippen molar-refractivity contribution in [3.05, 3.63) is 71.8 Å². The molecule has 2 aromatic carbocycles. The van der Waals surface area contributed by atoms with Crippen LogP contribution in [0.2, 0.25) is 0 Å². The number of nitrogens with one attached hydrogen (secondary N) is 2. The van der Waals surface area contributed by atoms with Gasteiger partial charge >= 0.3 is 6.03 Å². The van der Waals surface area contributed by atoms with E-state index >= 15 is 0 Å². The predicted octanol–water partition coefficient (Wildman–Crippen LogP) is 4.29. The first-order chi connectivity index (χ1) is 16.6. The summed E-state index contributed by atoms with van der Waals surface area (Å²) in [4.78, 5) is 28.2. The molecule has 2 fully saturated rings. The van der Waals surface area contributed by atoms with Crippen LogP contribution in [0.3, 0.4) is 0 Å². The van der Waals surface area contributed by atoms with Gasteiger partial charge in [0, 0.05) is 19.1 Å². The van der Waals surface area contributed by atoms with Gasteiger partial charge in [0.25, 0.3) is 0 Å². The molecular formula is C28H38N4O2. The van der Waals surface area contributed by atoms with E-state index in [-0.39, 0.29) is 18.1 Å². The molecule has 4 N–H and O–H groups in total. The van der Waals surface area contributed by atoms with Crippen LogP contribution in [0.1, 0.15) is 68.9 Å². The second-order valence-electron chi connectivity index (χ2n) is 9.68. The van der Waals surface area contributed by atoms with E-state index in [0.29, 0.717) is 19.1 Å². The molecule has 6 nitrogen and oxygen atoms in total. The monoisotopic (exact) mass is 462 g/mol. The third kappa shape index (κ3) is 5.44. The van der Waals surface area contributed by atoms with E-state index in [1.807, 2.05) is 41.3 Å². The minimum Gasteiger partial charge on any atom is -0.338 e. The maximum absolute atomic E-state index is 14.2. The van der Waals surface area contributed by atoms with Gasteiger partial charge in [0.15, 0.2) is 0 Å². The van der Waals surface area contributed by atoms with Crippen LogP contribution in [0.15, 0.2) is 60.7 Å². The molecule has 182 valence electrons. The van der Waals surface area contributed by atoms with Crippen LogP contribution < -0.4 is 16.4 Å². The number of carbonyl (C=O) groups excluding carboxylic acids is 2. The Morgan fingerprint density at radius 1 is 0.912 bits per heavy atom. The fourth-order valence-electron chi connectivity index (χ4n) is 5.57. The van der Waals surface area contributed by atoms with Gasteiger partial charge in [0.1, 0.15) is 0 Å². The third-order valence-electron chi connectivity index (χ3n) is 7.41. The maximum atomic E-state index is 14.2. The van der Waals surface area contributed by atoms with E-state index in [4.69, 9.17) is 5.73 Å². The van der Waals surface area contributed by atoms with Gasteiger partial charge in [-0.2, -0.15) is 0 Å². The van der Waals surface area contributed by atoms with Crippen LogP contribution in [-0.4, -0.2) is 42.1 Å². The van der Waals surface area contributed by atoms with Crippen LogP contribution >= 0.6 is 0 Å². The number of rotatable bonds is 8. The number of hydrogen-bond donors (Lipinski definition) is 3. The molecular weight excluding hydrogens is 424 g/mol. The molecule has 1 heterocycles. The van der Waals surface area contributed by atoms with Crippen LogP contribution in [0.5, 0.6) is 0 Å². The van der Waals surface area contributed by atoms with Crippen LogP contribution in [-0.2, 0) is 10.2 Å². The van der Waals surface area contributed by atoms with Gasteiger partial charge in [-0.3, -0.25) is 4.79 Å². The summed E-state index contributed by atoms with van der Waals surface area (Å²) in [6.07, 6.45) is 8.27. The lowest BCUT2D eigenvalue weighted by atomic mass is 9.70. The normalized spacial score (nSPS) is 20.7. The van der Waals surface area contributed by atoms with Gasteiger partial charge in [-0.15, -0.1) is 0 Å². The topological polar surface area (TPSA) is 87.5 Å². The van der Waals surface area contributed by atoms with Crippen LogP contribution in [0.25, 0.3) is 0 Å². The highest BCUT2D eigenvalue weighted by Crippen LogP contribution is 2.41. The SMILES string of the molecule is NC1CCCC(c2ccccc2)(c2ccccc2)C(=O)N1CCCCNC(=O)NC1CCCC1. The Bertz CT molecular complexity index is 888. The largest absolute Gasteiger partial charge is 0.338 e. The number of nitrogens with two attached hydrogens (primary N) is 1. The lowest BCUT2D eigenvalue weighted by Gasteiger charge is -2.38. The Labute approximate surface area is 203 Å². The molecule has 4 rings (SSSR count). The van der Waals surface area contributed by atoms with Crippen molar-refractivity contribution in [3.8, 4) is 0 Å². The van der Waals surface area contributed by atoms with E-state index < -0.39 is 5.41 Å². The molecule has 1 saturated heterocycles. The first kappa shape index (κ1) is 24.3. The molecule has 6 heteroatoms. The molecule has 1 atom stereocenters. The Hall–Kier alpha value is -2.86. The summed E-state index contributed by atoms with van der Waals surface area (Å²) in [7, 11) is 0. The van der Waals surface area contributed by atoms with Gasteiger partial charge in [-0.25, -0.2) is 4.79 Å². The molecule has 1 aliphatic heterocycles. The van der Waals surface area contributed by atoms with Gasteiger partial charge in [0.2, 0.25) is 5.91 Å². The number of urea groups is 1. The number of carbonyl (C=O) groups is 2. The predicted molar refractivity (Wildman–Crippen MR) is 135 cm³/mol.